The highest BCUT2D eigenvalue weighted by Crippen LogP contribution is 2.39. The van der Waals surface area contributed by atoms with Crippen molar-refractivity contribution in [2.45, 2.75) is 57.8 Å². The summed E-state index contributed by atoms with van der Waals surface area (Å²) < 4.78 is 5.44. The molecule has 2 amide bonds. The van der Waals surface area contributed by atoms with Crippen LogP contribution in [0, 0.1) is 5.41 Å². The molecule has 0 bridgehead atoms. The number of likely N-dealkylation sites (tertiary alicyclic amines) is 2. The average Bonchev–Trinajstić information content (AvgIpc) is 3.12. The van der Waals surface area contributed by atoms with Gasteiger partial charge < -0.3 is 19.4 Å². The summed E-state index contributed by atoms with van der Waals surface area (Å²) in [5.74, 6) is 1.04. The number of carbonyl (C=O) groups is 2. The third kappa shape index (κ3) is 3.61. The van der Waals surface area contributed by atoms with Crippen LogP contribution >= 0.6 is 0 Å². The Bertz CT molecular complexity index is 716. The SMILES string of the molecule is O=C1CC[C@]2(CCCN(C(=O)c3noc4c3CCCC4)C2)CN1CCCO. The van der Waals surface area contributed by atoms with Crippen LogP contribution in [0.3, 0.4) is 0 Å². The maximum absolute atomic E-state index is 13.2. The molecule has 1 spiro atoms. The molecule has 2 saturated heterocycles. The van der Waals surface area contributed by atoms with E-state index in [2.05, 4.69) is 5.16 Å². The van der Waals surface area contributed by atoms with Crippen LogP contribution in [0.5, 0.6) is 0 Å². The van der Waals surface area contributed by atoms with E-state index in [1.54, 1.807) is 0 Å². The summed E-state index contributed by atoms with van der Waals surface area (Å²) in [7, 11) is 0. The fourth-order valence-electron chi connectivity index (χ4n) is 4.98. The van der Waals surface area contributed by atoms with Gasteiger partial charge in [0, 0.05) is 56.6 Å². The minimum absolute atomic E-state index is 0.0141. The molecule has 4 rings (SSSR count). The zero-order valence-corrected chi connectivity index (χ0v) is 15.9. The van der Waals surface area contributed by atoms with Gasteiger partial charge >= 0.3 is 0 Å². The first-order valence-corrected chi connectivity index (χ1v) is 10.3. The molecule has 7 nitrogen and oxygen atoms in total. The Balaban J connectivity index is 1.48. The van der Waals surface area contributed by atoms with Gasteiger partial charge in [-0.3, -0.25) is 9.59 Å². The molecule has 0 saturated carbocycles. The van der Waals surface area contributed by atoms with Gasteiger partial charge in [0.25, 0.3) is 5.91 Å². The normalized spacial score (nSPS) is 25.7. The Morgan fingerprint density at radius 1 is 1.15 bits per heavy atom. The van der Waals surface area contributed by atoms with Crippen LogP contribution in [0.4, 0.5) is 0 Å². The molecule has 3 heterocycles. The van der Waals surface area contributed by atoms with E-state index >= 15 is 0 Å². The second-order valence-electron chi connectivity index (χ2n) is 8.36. The minimum Gasteiger partial charge on any atom is -0.396 e. The van der Waals surface area contributed by atoms with E-state index in [1.807, 2.05) is 9.80 Å². The van der Waals surface area contributed by atoms with E-state index in [4.69, 9.17) is 9.63 Å². The van der Waals surface area contributed by atoms with Crippen LogP contribution in [-0.4, -0.2) is 64.7 Å². The van der Waals surface area contributed by atoms with Gasteiger partial charge in [0.15, 0.2) is 5.69 Å². The molecule has 2 aliphatic heterocycles. The van der Waals surface area contributed by atoms with Crippen LogP contribution in [0.2, 0.25) is 0 Å². The van der Waals surface area contributed by atoms with Crippen LogP contribution < -0.4 is 0 Å². The lowest BCUT2D eigenvalue weighted by Gasteiger charge is -2.48. The molecule has 1 atom stereocenters. The smallest absolute Gasteiger partial charge is 0.276 e. The number of carbonyl (C=O) groups excluding carboxylic acids is 2. The summed E-state index contributed by atoms with van der Waals surface area (Å²) in [6, 6.07) is 0. The summed E-state index contributed by atoms with van der Waals surface area (Å²) in [6.07, 6.45) is 7.90. The monoisotopic (exact) mass is 375 g/mol. The fourth-order valence-corrected chi connectivity index (χ4v) is 4.98. The molecule has 1 aromatic rings. The standard InChI is InChI=1S/C20H29N3O4/c24-12-4-11-22-13-20(9-7-17(22)25)8-3-10-23(14-20)19(26)18-15-5-1-2-6-16(15)27-21-18/h24H,1-14H2/t20-/m1/s1. The van der Waals surface area contributed by atoms with E-state index in [9.17, 15) is 9.59 Å². The lowest BCUT2D eigenvalue weighted by molar-refractivity contribution is -0.139. The van der Waals surface area contributed by atoms with E-state index in [-0.39, 0.29) is 23.8 Å². The number of hydrogen-bond acceptors (Lipinski definition) is 5. The third-order valence-corrected chi connectivity index (χ3v) is 6.44. The fraction of sp³-hybridized carbons (Fsp3) is 0.750. The van der Waals surface area contributed by atoms with E-state index in [0.29, 0.717) is 38.2 Å². The van der Waals surface area contributed by atoms with Crippen LogP contribution in [-0.2, 0) is 17.6 Å². The molecule has 0 radical (unpaired) electrons. The van der Waals surface area contributed by atoms with Crippen LogP contribution in [0.1, 0.15) is 66.8 Å². The number of piperidine rings is 2. The Hall–Kier alpha value is -1.89. The molecule has 0 aromatic carbocycles. The Morgan fingerprint density at radius 2 is 2.00 bits per heavy atom. The van der Waals surface area contributed by atoms with E-state index in [1.165, 1.54) is 0 Å². The predicted molar refractivity (Wildman–Crippen MR) is 98.2 cm³/mol. The predicted octanol–water partition coefficient (Wildman–Crippen LogP) is 1.78. The van der Waals surface area contributed by atoms with E-state index < -0.39 is 0 Å². The van der Waals surface area contributed by atoms with Gasteiger partial charge in [0.05, 0.1) is 0 Å². The molecule has 1 aromatic heterocycles. The molecule has 27 heavy (non-hydrogen) atoms. The number of aromatic nitrogens is 1. The van der Waals surface area contributed by atoms with Gasteiger partial charge in [0.2, 0.25) is 5.91 Å². The summed E-state index contributed by atoms with van der Waals surface area (Å²) in [4.78, 5) is 29.2. The lowest BCUT2D eigenvalue weighted by Crippen LogP contribution is -2.55. The van der Waals surface area contributed by atoms with Crippen LogP contribution in [0.25, 0.3) is 0 Å². The highest BCUT2D eigenvalue weighted by molar-refractivity contribution is 5.94. The molecule has 0 unspecified atom stereocenters. The van der Waals surface area contributed by atoms with Crippen molar-refractivity contribution in [1.82, 2.24) is 15.0 Å². The lowest BCUT2D eigenvalue weighted by atomic mass is 9.73. The van der Waals surface area contributed by atoms with Gasteiger partial charge in [-0.25, -0.2) is 0 Å². The number of aliphatic hydroxyl groups excluding tert-OH is 1. The van der Waals surface area contributed by atoms with Gasteiger partial charge in [0.1, 0.15) is 5.76 Å². The second-order valence-corrected chi connectivity index (χ2v) is 8.36. The summed E-state index contributed by atoms with van der Waals surface area (Å²) in [5.41, 5.74) is 1.49. The summed E-state index contributed by atoms with van der Waals surface area (Å²) in [6.45, 7) is 2.80. The topological polar surface area (TPSA) is 86.9 Å². The number of aliphatic hydroxyl groups is 1. The molecule has 148 valence electrons. The number of nitrogens with zero attached hydrogens (tertiary/aromatic N) is 3. The van der Waals surface area contributed by atoms with Crippen molar-refractivity contribution in [2.75, 3.05) is 32.8 Å². The highest BCUT2D eigenvalue weighted by Gasteiger charge is 2.43. The zero-order valence-electron chi connectivity index (χ0n) is 15.9. The molecule has 2 fully saturated rings. The van der Waals surface area contributed by atoms with Gasteiger partial charge in [-0.2, -0.15) is 0 Å². The summed E-state index contributed by atoms with van der Waals surface area (Å²) >= 11 is 0. The van der Waals surface area contributed by atoms with Crippen molar-refractivity contribution < 1.29 is 19.2 Å². The molecule has 3 aliphatic rings. The zero-order chi connectivity index (χ0) is 18.9. The van der Waals surface area contributed by atoms with Crippen molar-refractivity contribution in [2.24, 2.45) is 5.41 Å². The van der Waals surface area contributed by atoms with Crippen molar-refractivity contribution >= 4 is 11.8 Å². The molecule has 1 N–H and O–H groups in total. The quantitative estimate of drug-likeness (QED) is 0.867. The maximum atomic E-state index is 13.2. The van der Waals surface area contributed by atoms with Crippen LogP contribution in [0.15, 0.2) is 4.52 Å². The number of hydrogen-bond donors (Lipinski definition) is 1. The first kappa shape index (κ1) is 18.5. The van der Waals surface area contributed by atoms with Gasteiger partial charge in [-0.15, -0.1) is 0 Å². The largest absolute Gasteiger partial charge is 0.396 e. The van der Waals surface area contributed by atoms with Crippen molar-refractivity contribution in [3.05, 3.63) is 17.0 Å². The van der Waals surface area contributed by atoms with Gasteiger partial charge in [-0.1, -0.05) is 5.16 Å². The van der Waals surface area contributed by atoms with Crippen molar-refractivity contribution in [3.63, 3.8) is 0 Å². The highest BCUT2D eigenvalue weighted by atomic mass is 16.5. The second kappa shape index (κ2) is 7.62. The van der Waals surface area contributed by atoms with E-state index in [0.717, 1.165) is 62.8 Å². The Labute approximate surface area is 159 Å². The molecule has 7 heteroatoms. The number of rotatable bonds is 4. The number of amides is 2. The first-order valence-electron chi connectivity index (χ1n) is 10.3. The number of fused-ring (bicyclic) bond motifs is 1. The molecular weight excluding hydrogens is 346 g/mol. The Kier molecular flexibility index (Phi) is 5.21. The first-order chi connectivity index (χ1) is 13.1. The summed E-state index contributed by atoms with van der Waals surface area (Å²) in [5, 5.41) is 13.2. The molecular formula is C20H29N3O4. The maximum Gasteiger partial charge on any atom is 0.276 e. The number of aryl methyl sites for hydroxylation is 1. The average molecular weight is 375 g/mol. The molecule has 1 aliphatic carbocycles. The minimum atomic E-state index is -0.0267. The Morgan fingerprint density at radius 3 is 2.85 bits per heavy atom. The van der Waals surface area contributed by atoms with Gasteiger partial charge in [-0.05, 0) is 44.9 Å². The van der Waals surface area contributed by atoms with Crippen molar-refractivity contribution in [3.8, 4) is 0 Å². The third-order valence-electron chi connectivity index (χ3n) is 6.44. The van der Waals surface area contributed by atoms with Crippen molar-refractivity contribution in [1.29, 1.82) is 0 Å².